The highest BCUT2D eigenvalue weighted by molar-refractivity contribution is 6.02. The highest BCUT2D eigenvalue weighted by atomic mass is 19.4. The molecule has 18 heteroatoms. The molecular formula is C30H45F3N8O7. The van der Waals surface area contributed by atoms with E-state index in [2.05, 4.69) is 15.6 Å². The van der Waals surface area contributed by atoms with E-state index < -0.39 is 53.8 Å². The molecule has 15 nitrogen and oxygen atoms in total. The topological polar surface area (TPSA) is 267 Å². The van der Waals surface area contributed by atoms with Gasteiger partial charge in [-0.05, 0) is 37.2 Å². The molecule has 3 atom stereocenters. The molecule has 0 aromatic heterocycles. The van der Waals surface area contributed by atoms with Crippen LogP contribution >= 0.6 is 0 Å². The van der Waals surface area contributed by atoms with Crippen molar-refractivity contribution < 1.29 is 47.4 Å². The van der Waals surface area contributed by atoms with Crippen molar-refractivity contribution >= 4 is 41.5 Å². The summed E-state index contributed by atoms with van der Waals surface area (Å²) >= 11 is 0. The molecule has 0 bridgehead atoms. The van der Waals surface area contributed by atoms with Crippen molar-refractivity contribution in [1.29, 1.82) is 5.41 Å². The first-order valence-electron chi connectivity index (χ1n) is 15.2. The minimum Gasteiger partial charge on any atom is -0.480 e. The third-order valence-corrected chi connectivity index (χ3v) is 7.49. The summed E-state index contributed by atoms with van der Waals surface area (Å²) < 4.78 is 31.7. The molecule has 0 radical (unpaired) electrons. The number of carboxylic acids is 2. The van der Waals surface area contributed by atoms with Gasteiger partial charge in [0.05, 0.1) is 0 Å². The monoisotopic (exact) mass is 686 g/mol. The Morgan fingerprint density at radius 3 is 1.96 bits per heavy atom. The number of nitrogens with zero attached hydrogens (tertiary/aromatic N) is 2. The number of hydrogen-bond donors (Lipinski definition) is 8. The second kappa shape index (κ2) is 19.7. The van der Waals surface area contributed by atoms with Crippen molar-refractivity contribution in [2.75, 3.05) is 20.6 Å². The molecule has 48 heavy (non-hydrogen) atoms. The Morgan fingerprint density at radius 2 is 1.50 bits per heavy atom. The number of rotatable bonds is 15. The Balaban J connectivity index is 0.00000148. The number of nitrogens with two attached hydrogens (primary N) is 3. The Bertz CT molecular complexity index is 1300. The van der Waals surface area contributed by atoms with Gasteiger partial charge >= 0.3 is 18.1 Å². The third kappa shape index (κ3) is 15.1. The zero-order valence-electron chi connectivity index (χ0n) is 26.9. The first-order chi connectivity index (χ1) is 22.3. The van der Waals surface area contributed by atoms with E-state index in [-0.39, 0.29) is 37.1 Å². The van der Waals surface area contributed by atoms with Gasteiger partial charge < -0.3 is 42.9 Å². The van der Waals surface area contributed by atoms with Crippen LogP contribution in [0.15, 0.2) is 29.3 Å². The number of hydrogen-bond acceptors (Lipinski definition) is 7. The van der Waals surface area contributed by atoms with Crippen LogP contribution in [0, 0.1) is 17.2 Å². The summed E-state index contributed by atoms with van der Waals surface area (Å²) in [5, 5.41) is 29.7. The van der Waals surface area contributed by atoms with Gasteiger partial charge in [0.25, 0.3) is 0 Å². The molecule has 0 saturated heterocycles. The van der Waals surface area contributed by atoms with Crippen molar-refractivity contribution in [3.63, 3.8) is 0 Å². The van der Waals surface area contributed by atoms with Gasteiger partial charge in [-0.15, -0.1) is 0 Å². The van der Waals surface area contributed by atoms with Crippen LogP contribution in [0.5, 0.6) is 0 Å². The summed E-state index contributed by atoms with van der Waals surface area (Å²) in [5.41, 5.74) is 17.4. The molecule has 11 N–H and O–H groups in total. The minimum atomic E-state index is -5.08. The molecule has 0 spiro atoms. The number of aliphatic imine (C=N–C) groups is 1. The highest BCUT2D eigenvalue weighted by Crippen LogP contribution is 2.28. The lowest BCUT2D eigenvalue weighted by Crippen LogP contribution is -2.54. The number of amidine groups is 1. The van der Waals surface area contributed by atoms with Gasteiger partial charge in [0.2, 0.25) is 17.7 Å². The molecule has 1 aliphatic rings. The molecule has 1 aromatic carbocycles. The maximum absolute atomic E-state index is 13.6. The quantitative estimate of drug-likeness (QED) is 0.0560. The smallest absolute Gasteiger partial charge is 0.480 e. The van der Waals surface area contributed by atoms with E-state index in [1.165, 1.54) is 4.90 Å². The lowest BCUT2D eigenvalue weighted by Gasteiger charge is -2.29. The first-order valence-corrected chi connectivity index (χ1v) is 15.2. The van der Waals surface area contributed by atoms with Gasteiger partial charge in [0.15, 0.2) is 5.96 Å². The van der Waals surface area contributed by atoms with E-state index in [1.54, 1.807) is 38.4 Å². The summed E-state index contributed by atoms with van der Waals surface area (Å²) in [6, 6.07) is 4.48. The van der Waals surface area contributed by atoms with Crippen LogP contribution in [0.25, 0.3) is 0 Å². The molecule has 3 amide bonds. The van der Waals surface area contributed by atoms with E-state index in [4.69, 9.17) is 32.5 Å². The number of guanidine groups is 1. The summed E-state index contributed by atoms with van der Waals surface area (Å²) in [5.74, 6) is -6.76. The fraction of sp³-hybridized carbons (Fsp3) is 0.567. The SMILES string of the molecule is CN(C)C(=O)C(Cc1ccc(C(=N)N)cc1)C(=O)N[C@@H](CC1CCCCC1)C(=O)N[C@@H](CCCN=C(N)N)C(=O)O.O=C(O)C(F)(F)F. The molecule has 1 aromatic rings. The van der Waals surface area contributed by atoms with Crippen LogP contribution in [0.3, 0.4) is 0 Å². The Labute approximate surface area is 276 Å². The molecule has 268 valence electrons. The Kier molecular flexibility index (Phi) is 16.9. The number of alkyl halides is 3. The summed E-state index contributed by atoms with van der Waals surface area (Å²) in [7, 11) is 3.10. The van der Waals surface area contributed by atoms with Gasteiger partial charge in [0.1, 0.15) is 23.8 Å². The first kappa shape index (κ1) is 41.1. The number of carbonyl (C=O) groups is 5. The summed E-state index contributed by atoms with van der Waals surface area (Å²) in [6.07, 6.45) is 0.720. The number of nitrogen functional groups attached to an aromatic ring is 1. The van der Waals surface area contributed by atoms with Crippen LogP contribution in [0.4, 0.5) is 13.2 Å². The van der Waals surface area contributed by atoms with Gasteiger partial charge in [-0.3, -0.25) is 24.8 Å². The Morgan fingerprint density at radius 1 is 0.958 bits per heavy atom. The molecule has 0 heterocycles. The molecule has 1 aliphatic carbocycles. The second-order valence-corrected chi connectivity index (χ2v) is 11.6. The number of carboxylic acid groups (broad SMARTS) is 2. The predicted molar refractivity (Wildman–Crippen MR) is 170 cm³/mol. The zero-order chi connectivity index (χ0) is 36.6. The van der Waals surface area contributed by atoms with E-state index in [0.717, 1.165) is 32.1 Å². The van der Waals surface area contributed by atoms with Crippen molar-refractivity contribution in [2.24, 2.45) is 34.0 Å². The average Bonchev–Trinajstić information content (AvgIpc) is 3.00. The van der Waals surface area contributed by atoms with Gasteiger partial charge in [-0.2, -0.15) is 13.2 Å². The molecule has 1 fully saturated rings. The van der Waals surface area contributed by atoms with E-state index >= 15 is 0 Å². The van der Waals surface area contributed by atoms with Crippen LogP contribution in [0.2, 0.25) is 0 Å². The predicted octanol–water partition coefficient (Wildman–Crippen LogP) is 0.929. The number of halogens is 3. The highest BCUT2D eigenvalue weighted by Gasteiger charge is 2.38. The van der Waals surface area contributed by atoms with E-state index in [0.29, 0.717) is 24.0 Å². The summed E-state index contributed by atoms with van der Waals surface area (Å²) in [6.45, 7) is 0.214. The third-order valence-electron chi connectivity index (χ3n) is 7.49. The van der Waals surface area contributed by atoms with Crippen LogP contribution in [0.1, 0.15) is 62.5 Å². The maximum atomic E-state index is 13.6. The summed E-state index contributed by atoms with van der Waals surface area (Å²) in [4.78, 5) is 66.0. The van der Waals surface area contributed by atoms with Crippen LogP contribution in [-0.4, -0.2) is 95.5 Å². The lowest BCUT2D eigenvalue weighted by molar-refractivity contribution is -0.192. The molecule has 1 saturated carbocycles. The van der Waals surface area contributed by atoms with Crippen LogP contribution < -0.4 is 27.8 Å². The normalized spacial score (nSPS) is 14.9. The van der Waals surface area contributed by atoms with Crippen molar-refractivity contribution in [3.8, 4) is 0 Å². The average molecular weight is 687 g/mol. The van der Waals surface area contributed by atoms with Gasteiger partial charge in [0, 0.05) is 26.2 Å². The van der Waals surface area contributed by atoms with Crippen molar-refractivity contribution in [2.45, 2.75) is 76.0 Å². The number of aliphatic carboxylic acids is 2. The zero-order valence-corrected chi connectivity index (χ0v) is 26.9. The standard InChI is InChI=1S/C28H44N8O5.C2HF3O2/c1-36(2)26(39)20(15-18-10-12-19(13-11-18)23(29)30)24(37)35-22(16-17-7-4-3-5-8-17)25(38)34-21(27(40)41)9-6-14-33-28(31)32;3-2(4,5)1(6)7/h10-13,17,20-22H,3-9,14-16H2,1-2H3,(H3,29,30)(H,34,38)(H,35,37)(H,40,41)(H4,31,32,33);(H,6,7)/t20?,21-,22-;/m0./s1. The van der Waals surface area contributed by atoms with E-state index in [1.807, 2.05) is 0 Å². The van der Waals surface area contributed by atoms with Crippen LogP contribution in [-0.2, 0) is 30.4 Å². The molecule has 2 rings (SSSR count). The molecule has 0 aliphatic heterocycles. The fourth-order valence-corrected chi connectivity index (χ4v) is 4.95. The fourth-order valence-electron chi connectivity index (χ4n) is 4.95. The van der Waals surface area contributed by atoms with Crippen molar-refractivity contribution in [3.05, 3.63) is 35.4 Å². The maximum Gasteiger partial charge on any atom is 0.490 e. The van der Waals surface area contributed by atoms with Gasteiger partial charge in [-0.25, -0.2) is 9.59 Å². The molecule has 1 unspecified atom stereocenters. The number of amides is 3. The van der Waals surface area contributed by atoms with Crippen molar-refractivity contribution in [1.82, 2.24) is 15.5 Å². The minimum absolute atomic E-state index is 0.0708. The van der Waals surface area contributed by atoms with E-state index in [9.17, 15) is 37.5 Å². The lowest BCUT2D eigenvalue weighted by atomic mass is 9.84. The largest absolute Gasteiger partial charge is 0.490 e. The van der Waals surface area contributed by atoms with Gasteiger partial charge in [-0.1, -0.05) is 56.4 Å². The number of benzene rings is 1. The number of carbonyl (C=O) groups excluding carboxylic acids is 3. The Hall–Kier alpha value is -4.90. The number of nitrogens with one attached hydrogen (secondary N) is 3. The second-order valence-electron chi connectivity index (χ2n) is 11.6. The molecular weight excluding hydrogens is 641 g/mol.